The van der Waals surface area contributed by atoms with Crippen molar-refractivity contribution >= 4 is 17.7 Å². The second kappa shape index (κ2) is 8.30. The maximum Gasteiger partial charge on any atom is 0.230 e. The molecule has 1 aliphatic heterocycles. The van der Waals surface area contributed by atoms with Crippen LogP contribution in [0.25, 0.3) is 0 Å². The van der Waals surface area contributed by atoms with Crippen LogP contribution in [0.2, 0.25) is 0 Å². The molecular formula is C17H23N5OS. The van der Waals surface area contributed by atoms with Gasteiger partial charge in [-0.1, -0.05) is 42.1 Å². The summed E-state index contributed by atoms with van der Waals surface area (Å²) in [5, 5.41) is 15.7. The summed E-state index contributed by atoms with van der Waals surface area (Å²) >= 11 is 1.43. The number of rotatable bonds is 6. The summed E-state index contributed by atoms with van der Waals surface area (Å²) in [6, 6.07) is 9.91. The van der Waals surface area contributed by atoms with Crippen LogP contribution in [0, 0.1) is 0 Å². The fourth-order valence-electron chi connectivity index (χ4n) is 2.86. The lowest BCUT2D eigenvalue weighted by Crippen LogP contribution is -2.29. The molecule has 1 aromatic carbocycles. The first-order chi connectivity index (χ1) is 11.7. The van der Waals surface area contributed by atoms with Gasteiger partial charge in [-0.2, -0.15) is 0 Å². The Morgan fingerprint density at radius 2 is 2.21 bits per heavy atom. The third kappa shape index (κ3) is 4.36. The third-order valence-corrected chi connectivity index (χ3v) is 5.22. The molecule has 0 unspecified atom stereocenters. The van der Waals surface area contributed by atoms with E-state index in [9.17, 15) is 4.79 Å². The summed E-state index contributed by atoms with van der Waals surface area (Å²) < 4.78 is 2.02. The summed E-state index contributed by atoms with van der Waals surface area (Å²) in [6.07, 6.45) is 2.31. The van der Waals surface area contributed by atoms with Crippen LogP contribution in [0.1, 0.15) is 30.1 Å². The zero-order valence-electron chi connectivity index (χ0n) is 13.9. The van der Waals surface area contributed by atoms with E-state index in [-0.39, 0.29) is 5.91 Å². The standard InChI is InChI=1S/C17H23N5OS/c1-22-16(14-8-5-9-18-11-14)20-21-17(22)24-12-15(23)19-10-13-6-3-2-4-7-13/h2-4,6-7,14,18H,5,8-12H2,1H3,(H,19,23)/t14-/m0/s1. The third-order valence-electron chi connectivity index (χ3n) is 4.20. The largest absolute Gasteiger partial charge is 0.351 e. The maximum atomic E-state index is 12.0. The number of hydrogen-bond acceptors (Lipinski definition) is 5. The van der Waals surface area contributed by atoms with Crippen molar-refractivity contribution in [3.63, 3.8) is 0 Å². The van der Waals surface area contributed by atoms with Crippen molar-refractivity contribution in [2.75, 3.05) is 18.8 Å². The molecule has 1 saturated heterocycles. The van der Waals surface area contributed by atoms with Gasteiger partial charge in [0.05, 0.1) is 5.75 Å². The summed E-state index contributed by atoms with van der Waals surface area (Å²) in [5.74, 6) is 1.78. The Hall–Kier alpha value is -1.86. The van der Waals surface area contributed by atoms with Crippen molar-refractivity contribution in [3.8, 4) is 0 Å². The lowest BCUT2D eigenvalue weighted by Gasteiger charge is -2.21. The second-order valence-electron chi connectivity index (χ2n) is 5.99. The maximum absolute atomic E-state index is 12.0. The van der Waals surface area contributed by atoms with Crippen molar-refractivity contribution in [1.82, 2.24) is 25.4 Å². The minimum atomic E-state index is 0.00716. The highest BCUT2D eigenvalue weighted by Gasteiger charge is 2.21. The lowest BCUT2D eigenvalue weighted by molar-refractivity contribution is -0.118. The fraction of sp³-hybridized carbons (Fsp3) is 0.471. The number of carbonyl (C=O) groups is 1. The van der Waals surface area contributed by atoms with Gasteiger partial charge in [-0.05, 0) is 24.9 Å². The Morgan fingerprint density at radius 1 is 1.38 bits per heavy atom. The Bertz CT molecular complexity index is 667. The van der Waals surface area contributed by atoms with E-state index in [1.165, 1.54) is 18.2 Å². The number of aromatic nitrogens is 3. The van der Waals surface area contributed by atoms with E-state index >= 15 is 0 Å². The van der Waals surface area contributed by atoms with E-state index in [1.54, 1.807) is 0 Å². The van der Waals surface area contributed by atoms with Crippen LogP contribution in [0.15, 0.2) is 35.5 Å². The first-order valence-electron chi connectivity index (χ1n) is 8.27. The Morgan fingerprint density at radius 3 is 2.96 bits per heavy atom. The van der Waals surface area contributed by atoms with Crippen LogP contribution < -0.4 is 10.6 Å². The van der Waals surface area contributed by atoms with Crippen molar-refractivity contribution in [3.05, 3.63) is 41.7 Å². The van der Waals surface area contributed by atoms with Crippen LogP contribution in [0.4, 0.5) is 0 Å². The summed E-state index contributed by atoms with van der Waals surface area (Å²) in [7, 11) is 1.98. The molecule has 2 aromatic rings. The van der Waals surface area contributed by atoms with E-state index in [2.05, 4.69) is 20.8 Å². The number of thioether (sulfide) groups is 1. The molecular weight excluding hydrogens is 322 g/mol. The predicted octanol–water partition coefficient (Wildman–Crippen LogP) is 1.69. The highest BCUT2D eigenvalue weighted by Crippen LogP contribution is 2.24. The van der Waals surface area contributed by atoms with Gasteiger partial charge >= 0.3 is 0 Å². The molecule has 0 aliphatic carbocycles. The molecule has 3 rings (SSSR count). The molecule has 7 heteroatoms. The Kier molecular flexibility index (Phi) is 5.87. The lowest BCUT2D eigenvalue weighted by atomic mass is 9.99. The Balaban J connectivity index is 1.49. The van der Waals surface area contributed by atoms with E-state index in [4.69, 9.17) is 0 Å². The van der Waals surface area contributed by atoms with Gasteiger partial charge < -0.3 is 15.2 Å². The second-order valence-corrected chi connectivity index (χ2v) is 6.94. The zero-order chi connectivity index (χ0) is 16.8. The van der Waals surface area contributed by atoms with Gasteiger partial charge in [0.1, 0.15) is 5.82 Å². The zero-order valence-corrected chi connectivity index (χ0v) is 14.7. The molecule has 128 valence electrons. The quantitative estimate of drug-likeness (QED) is 0.780. The number of carbonyl (C=O) groups excluding carboxylic acids is 1. The number of piperidine rings is 1. The van der Waals surface area contributed by atoms with Gasteiger partial charge in [-0.25, -0.2) is 0 Å². The highest BCUT2D eigenvalue weighted by atomic mass is 32.2. The normalized spacial score (nSPS) is 17.6. The van der Waals surface area contributed by atoms with E-state index < -0.39 is 0 Å². The van der Waals surface area contributed by atoms with Gasteiger partial charge in [0.15, 0.2) is 5.16 Å². The first-order valence-corrected chi connectivity index (χ1v) is 9.26. The molecule has 0 radical (unpaired) electrons. The summed E-state index contributed by atoms with van der Waals surface area (Å²) in [6.45, 7) is 2.59. The molecule has 1 fully saturated rings. The van der Waals surface area contributed by atoms with Gasteiger partial charge in [0.25, 0.3) is 0 Å². The minimum Gasteiger partial charge on any atom is -0.351 e. The van der Waals surface area contributed by atoms with Crippen LogP contribution in [-0.4, -0.2) is 39.5 Å². The molecule has 2 heterocycles. The molecule has 1 aliphatic rings. The highest BCUT2D eigenvalue weighted by molar-refractivity contribution is 7.99. The van der Waals surface area contributed by atoms with E-state index in [0.29, 0.717) is 18.2 Å². The molecule has 2 N–H and O–H groups in total. The van der Waals surface area contributed by atoms with Crippen LogP contribution in [-0.2, 0) is 18.4 Å². The van der Waals surface area contributed by atoms with Crippen LogP contribution >= 0.6 is 11.8 Å². The van der Waals surface area contributed by atoms with Crippen molar-refractivity contribution < 1.29 is 4.79 Å². The number of nitrogens with zero attached hydrogens (tertiary/aromatic N) is 3. The molecule has 0 bridgehead atoms. The van der Waals surface area contributed by atoms with E-state index in [1.807, 2.05) is 41.9 Å². The predicted molar refractivity (Wildman–Crippen MR) is 94.9 cm³/mol. The van der Waals surface area contributed by atoms with Crippen molar-refractivity contribution in [2.24, 2.45) is 7.05 Å². The van der Waals surface area contributed by atoms with Crippen molar-refractivity contribution in [1.29, 1.82) is 0 Å². The van der Waals surface area contributed by atoms with Gasteiger partial charge in [0, 0.05) is 26.1 Å². The number of amides is 1. The molecule has 1 atom stereocenters. The molecule has 1 aromatic heterocycles. The summed E-state index contributed by atoms with van der Waals surface area (Å²) in [4.78, 5) is 12.0. The molecule has 1 amide bonds. The molecule has 24 heavy (non-hydrogen) atoms. The van der Waals surface area contributed by atoms with E-state index in [0.717, 1.165) is 36.1 Å². The fourth-order valence-corrected chi connectivity index (χ4v) is 3.61. The van der Waals surface area contributed by atoms with Crippen LogP contribution in [0.3, 0.4) is 0 Å². The van der Waals surface area contributed by atoms with Crippen molar-refractivity contribution in [2.45, 2.75) is 30.5 Å². The minimum absolute atomic E-state index is 0.00716. The molecule has 0 saturated carbocycles. The monoisotopic (exact) mass is 345 g/mol. The van der Waals surface area contributed by atoms with Gasteiger partial charge in [0.2, 0.25) is 5.91 Å². The van der Waals surface area contributed by atoms with Gasteiger partial charge in [-0.3, -0.25) is 4.79 Å². The number of nitrogens with one attached hydrogen (secondary N) is 2. The topological polar surface area (TPSA) is 71.8 Å². The smallest absolute Gasteiger partial charge is 0.230 e. The summed E-state index contributed by atoms with van der Waals surface area (Å²) in [5.41, 5.74) is 1.10. The molecule has 0 spiro atoms. The first kappa shape index (κ1) is 17.0. The SMILES string of the molecule is Cn1c(SCC(=O)NCc2ccccc2)nnc1[C@H]1CCCNC1. The Labute approximate surface area is 146 Å². The molecule has 6 nitrogen and oxygen atoms in total. The number of hydrogen-bond donors (Lipinski definition) is 2. The average molecular weight is 345 g/mol. The van der Waals surface area contributed by atoms with Crippen LogP contribution in [0.5, 0.6) is 0 Å². The average Bonchev–Trinajstić information content (AvgIpc) is 3.00. The van der Waals surface area contributed by atoms with Gasteiger partial charge in [-0.15, -0.1) is 10.2 Å². The number of benzene rings is 1.